The minimum absolute atomic E-state index is 0.0141. The van der Waals surface area contributed by atoms with Crippen LogP contribution in [0.5, 0.6) is 11.5 Å². The number of fused-ring (bicyclic) bond motifs is 2. The van der Waals surface area contributed by atoms with Crippen molar-refractivity contribution < 1.29 is 23.8 Å². The van der Waals surface area contributed by atoms with Gasteiger partial charge in [-0.3, -0.25) is 4.79 Å². The van der Waals surface area contributed by atoms with Gasteiger partial charge in [0.2, 0.25) is 0 Å². The number of nitrogens with zero attached hydrogens (tertiary/aromatic N) is 1. The molecule has 154 valence electrons. The summed E-state index contributed by atoms with van der Waals surface area (Å²) in [7, 11) is 0. The molecule has 2 fully saturated rings. The summed E-state index contributed by atoms with van der Waals surface area (Å²) in [6.45, 7) is -0.285. The number of ether oxygens (including phenoxy) is 2. The molecule has 2 aliphatic heterocycles. The van der Waals surface area contributed by atoms with Crippen molar-refractivity contribution in [1.29, 1.82) is 0 Å². The van der Waals surface area contributed by atoms with Gasteiger partial charge < -0.3 is 19.5 Å². The van der Waals surface area contributed by atoms with Gasteiger partial charge in [0.05, 0.1) is 6.61 Å². The molecule has 2 unspecified atom stereocenters. The van der Waals surface area contributed by atoms with Crippen LogP contribution in [0.4, 0.5) is 4.39 Å². The average Bonchev–Trinajstić information content (AvgIpc) is 2.99. The number of hydrogen-bond acceptors (Lipinski definition) is 4. The van der Waals surface area contributed by atoms with E-state index in [9.17, 15) is 14.3 Å². The van der Waals surface area contributed by atoms with E-state index in [0.717, 1.165) is 25.7 Å². The Morgan fingerprint density at radius 1 is 1.14 bits per heavy atom. The standard InChI is InChI=1S/C22H23ClFNO4/c23-15-1-8-21(14(9-15)12-26)28-13-22(27)25-17-4-5-18(25)11-20(10-17)29-19-6-2-16(24)3-7-19/h1-3,6-9,17-18,20,26H,4-5,10-13H2. The molecule has 2 atom stereocenters. The first-order valence-corrected chi connectivity index (χ1v) is 10.2. The number of aliphatic hydroxyl groups is 1. The van der Waals surface area contributed by atoms with Gasteiger partial charge in [-0.05, 0) is 55.3 Å². The lowest BCUT2D eigenvalue weighted by molar-refractivity contribution is -0.139. The van der Waals surface area contributed by atoms with Crippen LogP contribution in [-0.4, -0.2) is 40.7 Å². The minimum Gasteiger partial charge on any atom is -0.490 e. The summed E-state index contributed by atoms with van der Waals surface area (Å²) in [5.74, 6) is 0.768. The molecule has 0 saturated carbocycles. The molecule has 7 heteroatoms. The lowest BCUT2D eigenvalue weighted by Gasteiger charge is -2.38. The summed E-state index contributed by atoms with van der Waals surface area (Å²) < 4.78 is 24.8. The van der Waals surface area contributed by atoms with Crippen molar-refractivity contribution in [2.45, 2.75) is 50.5 Å². The zero-order chi connectivity index (χ0) is 20.4. The highest BCUT2D eigenvalue weighted by Gasteiger charge is 2.44. The summed E-state index contributed by atoms with van der Waals surface area (Å²) in [6.07, 6.45) is 3.41. The van der Waals surface area contributed by atoms with Crippen molar-refractivity contribution in [2.24, 2.45) is 0 Å². The predicted octanol–water partition coefficient (Wildman–Crippen LogP) is 3.95. The summed E-state index contributed by atoms with van der Waals surface area (Å²) in [6, 6.07) is 11.2. The molecule has 1 amide bonds. The normalized spacial score (nSPS) is 23.1. The third kappa shape index (κ3) is 4.49. The number of hydrogen-bond donors (Lipinski definition) is 1. The van der Waals surface area contributed by atoms with Crippen LogP contribution in [0.3, 0.4) is 0 Å². The number of piperidine rings is 1. The van der Waals surface area contributed by atoms with E-state index in [1.54, 1.807) is 30.3 Å². The Hall–Kier alpha value is -2.31. The molecule has 29 heavy (non-hydrogen) atoms. The Morgan fingerprint density at radius 2 is 1.83 bits per heavy atom. The van der Waals surface area contributed by atoms with Crippen molar-refractivity contribution >= 4 is 17.5 Å². The topological polar surface area (TPSA) is 59.0 Å². The molecule has 2 bridgehead atoms. The molecule has 0 aliphatic carbocycles. The largest absolute Gasteiger partial charge is 0.490 e. The third-order valence-electron chi connectivity index (χ3n) is 5.64. The molecular weight excluding hydrogens is 397 g/mol. The highest BCUT2D eigenvalue weighted by atomic mass is 35.5. The van der Waals surface area contributed by atoms with E-state index in [4.69, 9.17) is 21.1 Å². The number of rotatable bonds is 6. The van der Waals surface area contributed by atoms with Gasteiger partial charge in [0.15, 0.2) is 6.61 Å². The molecule has 0 aromatic heterocycles. The average molecular weight is 420 g/mol. The fourth-order valence-corrected chi connectivity index (χ4v) is 4.56. The smallest absolute Gasteiger partial charge is 0.261 e. The number of aliphatic hydroxyl groups excluding tert-OH is 1. The van der Waals surface area contributed by atoms with Crippen molar-refractivity contribution in [3.05, 3.63) is 58.9 Å². The Balaban J connectivity index is 1.35. The molecule has 4 rings (SSSR count). The van der Waals surface area contributed by atoms with Gasteiger partial charge >= 0.3 is 0 Å². The third-order valence-corrected chi connectivity index (χ3v) is 5.87. The fourth-order valence-electron chi connectivity index (χ4n) is 4.36. The van der Waals surface area contributed by atoms with Crippen LogP contribution in [0.2, 0.25) is 5.02 Å². The van der Waals surface area contributed by atoms with Gasteiger partial charge in [-0.1, -0.05) is 11.6 Å². The molecule has 0 radical (unpaired) electrons. The van der Waals surface area contributed by atoms with Crippen molar-refractivity contribution in [1.82, 2.24) is 4.90 Å². The van der Waals surface area contributed by atoms with E-state index in [-0.39, 0.29) is 43.1 Å². The van der Waals surface area contributed by atoms with Crippen molar-refractivity contribution in [2.75, 3.05) is 6.61 Å². The molecule has 2 aromatic carbocycles. The van der Waals surface area contributed by atoms with Gasteiger partial charge in [-0.2, -0.15) is 0 Å². The van der Waals surface area contributed by atoms with Gasteiger partial charge in [-0.25, -0.2) is 4.39 Å². The van der Waals surface area contributed by atoms with Crippen LogP contribution in [0.25, 0.3) is 0 Å². The lowest BCUT2D eigenvalue weighted by Crippen LogP contribution is -2.50. The quantitative estimate of drug-likeness (QED) is 0.770. The maximum atomic E-state index is 13.1. The summed E-state index contributed by atoms with van der Waals surface area (Å²) >= 11 is 5.93. The zero-order valence-electron chi connectivity index (χ0n) is 15.9. The molecule has 2 aromatic rings. The Morgan fingerprint density at radius 3 is 2.48 bits per heavy atom. The molecule has 2 aliphatic rings. The van der Waals surface area contributed by atoms with E-state index >= 15 is 0 Å². The van der Waals surface area contributed by atoms with E-state index in [2.05, 4.69) is 0 Å². The zero-order valence-corrected chi connectivity index (χ0v) is 16.6. The highest BCUT2D eigenvalue weighted by molar-refractivity contribution is 6.30. The molecule has 0 spiro atoms. The van der Waals surface area contributed by atoms with E-state index in [1.165, 1.54) is 12.1 Å². The summed E-state index contributed by atoms with van der Waals surface area (Å²) in [4.78, 5) is 14.8. The first-order chi connectivity index (χ1) is 14.0. The first kappa shape index (κ1) is 20.0. The molecule has 5 nitrogen and oxygen atoms in total. The second kappa shape index (κ2) is 8.59. The van der Waals surface area contributed by atoms with Crippen LogP contribution in [0, 0.1) is 5.82 Å². The van der Waals surface area contributed by atoms with Crippen LogP contribution in [0.15, 0.2) is 42.5 Å². The molecule has 1 N–H and O–H groups in total. The van der Waals surface area contributed by atoms with Crippen LogP contribution in [-0.2, 0) is 11.4 Å². The van der Waals surface area contributed by atoms with Crippen LogP contribution < -0.4 is 9.47 Å². The van der Waals surface area contributed by atoms with Gasteiger partial charge in [0, 0.05) is 35.5 Å². The highest BCUT2D eigenvalue weighted by Crippen LogP contribution is 2.37. The predicted molar refractivity (Wildman–Crippen MR) is 107 cm³/mol. The van der Waals surface area contributed by atoms with E-state index in [0.29, 0.717) is 22.1 Å². The van der Waals surface area contributed by atoms with Gasteiger partial charge in [-0.15, -0.1) is 0 Å². The summed E-state index contributed by atoms with van der Waals surface area (Å²) in [5, 5.41) is 9.96. The maximum absolute atomic E-state index is 13.1. The monoisotopic (exact) mass is 419 g/mol. The lowest BCUT2D eigenvalue weighted by atomic mass is 9.99. The second-order valence-corrected chi connectivity index (χ2v) is 7.99. The van der Waals surface area contributed by atoms with Crippen LogP contribution >= 0.6 is 11.6 Å². The molecular formula is C22H23ClFNO4. The number of amides is 1. The second-order valence-electron chi connectivity index (χ2n) is 7.55. The van der Waals surface area contributed by atoms with E-state index in [1.807, 2.05) is 4.90 Å². The number of carbonyl (C=O) groups is 1. The number of carbonyl (C=O) groups excluding carboxylic acids is 1. The van der Waals surface area contributed by atoms with E-state index < -0.39 is 0 Å². The first-order valence-electron chi connectivity index (χ1n) is 9.79. The van der Waals surface area contributed by atoms with Gasteiger partial charge in [0.25, 0.3) is 5.91 Å². The SMILES string of the molecule is O=C(COc1ccc(Cl)cc1CO)N1C2CCC1CC(Oc1ccc(F)cc1)C2. The number of halogens is 2. The Kier molecular flexibility index (Phi) is 5.92. The number of benzene rings is 2. The Bertz CT molecular complexity index is 862. The van der Waals surface area contributed by atoms with Crippen molar-refractivity contribution in [3.8, 4) is 11.5 Å². The Labute approximate surface area is 174 Å². The molecule has 2 saturated heterocycles. The summed E-state index contributed by atoms with van der Waals surface area (Å²) in [5.41, 5.74) is 0.555. The minimum atomic E-state index is -0.289. The van der Waals surface area contributed by atoms with Crippen LogP contribution in [0.1, 0.15) is 31.2 Å². The molecule has 2 heterocycles. The van der Waals surface area contributed by atoms with Gasteiger partial charge in [0.1, 0.15) is 23.4 Å². The maximum Gasteiger partial charge on any atom is 0.261 e. The fraction of sp³-hybridized carbons (Fsp3) is 0.409. The van der Waals surface area contributed by atoms with Crippen molar-refractivity contribution in [3.63, 3.8) is 0 Å².